The summed E-state index contributed by atoms with van der Waals surface area (Å²) in [6.07, 6.45) is 0.649. The van der Waals surface area contributed by atoms with Crippen molar-refractivity contribution in [3.63, 3.8) is 0 Å². The van der Waals surface area contributed by atoms with Crippen LogP contribution in [0.4, 0.5) is 0 Å². The quantitative estimate of drug-likeness (QED) is 0.739. The van der Waals surface area contributed by atoms with Crippen LogP contribution in [0.5, 0.6) is 0 Å². The number of carboxylic acid groups (broad SMARTS) is 1. The molecule has 2 N–H and O–H groups in total. The van der Waals surface area contributed by atoms with E-state index in [2.05, 4.69) is 11.4 Å². The van der Waals surface area contributed by atoms with Crippen molar-refractivity contribution in [2.45, 2.75) is 36.6 Å². The number of rotatable bonds is 7. The second kappa shape index (κ2) is 6.93. The van der Waals surface area contributed by atoms with Crippen molar-refractivity contribution in [2.24, 2.45) is 0 Å². The minimum atomic E-state index is -0.763. The molecule has 3 nitrogen and oxygen atoms in total. The molecule has 0 saturated carbocycles. The van der Waals surface area contributed by atoms with E-state index in [1.807, 2.05) is 25.3 Å². The monoisotopic (exact) mass is 259 g/mol. The molecule has 1 aromatic heterocycles. The molecule has 16 heavy (non-hydrogen) atoms. The Morgan fingerprint density at radius 3 is 2.88 bits per heavy atom. The molecule has 5 heteroatoms. The van der Waals surface area contributed by atoms with Gasteiger partial charge in [-0.05, 0) is 17.9 Å². The van der Waals surface area contributed by atoms with Crippen LogP contribution in [0.25, 0.3) is 0 Å². The highest BCUT2D eigenvalue weighted by Gasteiger charge is 2.17. The molecule has 0 radical (unpaired) electrons. The second-order valence-corrected chi connectivity index (χ2v) is 6.12. The molecule has 0 bridgehead atoms. The van der Waals surface area contributed by atoms with Crippen molar-refractivity contribution in [1.82, 2.24) is 5.32 Å². The average molecular weight is 259 g/mol. The summed E-state index contributed by atoms with van der Waals surface area (Å²) < 4.78 is 1.24. The van der Waals surface area contributed by atoms with Crippen LogP contribution in [-0.4, -0.2) is 28.9 Å². The molecule has 0 aliphatic heterocycles. The van der Waals surface area contributed by atoms with E-state index in [1.54, 1.807) is 23.1 Å². The van der Waals surface area contributed by atoms with Gasteiger partial charge in [-0.2, -0.15) is 0 Å². The summed E-state index contributed by atoms with van der Waals surface area (Å²) >= 11 is 3.41. The smallest absolute Gasteiger partial charge is 0.320 e. The van der Waals surface area contributed by atoms with Crippen molar-refractivity contribution in [2.75, 3.05) is 5.75 Å². The topological polar surface area (TPSA) is 49.3 Å². The summed E-state index contributed by atoms with van der Waals surface area (Å²) in [5.41, 5.74) is 0. The fraction of sp³-hybridized carbons (Fsp3) is 0.545. The van der Waals surface area contributed by atoms with Gasteiger partial charge >= 0.3 is 5.97 Å². The van der Waals surface area contributed by atoms with E-state index in [1.165, 1.54) is 4.21 Å². The van der Waals surface area contributed by atoms with Crippen molar-refractivity contribution < 1.29 is 9.90 Å². The lowest BCUT2D eigenvalue weighted by Crippen LogP contribution is -2.41. The Morgan fingerprint density at radius 2 is 2.38 bits per heavy atom. The molecule has 0 aliphatic carbocycles. The fourth-order valence-corrected chi connectivity index (χ4v) is 3.17. The number of aliphatic carboxylic acids is 1. The van der Waals surface area contributed by atoms with Crippen molar-refractivity contribution >= 4 is 29.1 Å². The number of hydrogen-bond donors (Lipinski definition) is 2. The van der Waals surface area contributed by atoms with Crippen LogP contribution in [0.15, 0.2) is 21.7 Å². The van der Waals surface area contributed by atoms with Gasteiger partial charge in [0.05, 0.1) is 4.21 Å². The van der Waals surface area contributed by atoms with E-state index in [9.17, 15) is 4.79 Å². The normalized spacial score (nSPS) is 12.9. The number of carboxylic acids is 1. The molecular weight excluding hydrogens is 242 g/mol. The van der Waals surface area contributed by atoms with E-state index < -0.39 is 12.0 Å². The van der Waals surface area contributed by atoms with Crippen LogP contribution in [0.3, 0.4) is 0 Å². The number of carbonyl (C=O) groups is 1. The van der Waals surface area contributed by atoms with Gasteiger partial charge in [0.2, 0.25) is 0 Å². The maximum absolute atomic E-state index is 11.0. The Balaban J connectivity index is 2.30. The van der Waals surface area contributed by atoms with Gasteiger partial charge in [-0.25, -0.2) is 0 Å². The Hall–Kier alpha value is -0.520. The van der Waals surface area contributed by atoms with Crippen molar-refractivity contribution in [1.29, 1.82) is 0 Å². The maximum atomic E-state index is 11.0. The lowest BCUT2D eigenvalue weighted by atomic mass is 10.2. The van der Waals surface area contributed by atoms with E-state index >= 15 is 0 Å². The number of thioether (sulfide) groups is 1. The Kier molecular flexibility index (Phi) is 5.87. The minimum Gasteiger partial charge on any atom is -0.480 e. The molecule has 1 unspecified atom stereocenters. The summed E-state index contributed by atoms with van der Waals surface area (Å²) in [5, 5.41) is 14.1. The largest absolute Gasteiger partial charge is 0.480 e. The summed E-state index contributed by atoms with van der Waals surface area (Å²) in [5.74, 6) is 0.0671. The fourth-order valence-electron chi connectivity index (χ4n) is 1.30. The highest BCUT2D eigenvalue weighted by molar-refractivity contribution is 8.01. The summed E-state index contributed by atoms with van der Waals surface area (Å²) in [7, 11) is 0. The van der Waals surface area contributed by atoms with Gasteiger partial charge in [0.1, 0.15) is 6.04 Å². The van der Waals surface area contributed by atoms with E-state index in [0.717, 1.165) is 5.75 Å². The first-order valence-electron chi connectivity index (χ1n) is 5.24. The third kappa shape index (κ3) is 5.01. The molecule has 1 aromatic rings. The molecule has 1 atom stereocenters. The summed E-state index contributed by atoms with van der Waals surface area (Å²) in [6, 6.07) is 3.83. The van der Waals surface area contributed by atoms with Gasteiger partial charge in [0, 0.05) is 11.8 Å². The highest BCUT2D eigenvalue weighted by Crippen LogP contribution is 2.24. The molecule has 1 heterocycles. The zero-order valence-electron chi connectivity index (χ0n) is 9.47. The molecule has 0 aromatic carbocycles. The second-order valence-electron chi connectivity index (χ2n) is 3.78. The molecule has 0 saturated heterocycles. The summed E-state index contributed by atoms with van der Waals surface area (Å²) in [6.45, 7) is 3.92. The van der Waals surface area contributed by atoms with Crippen molar-refractivity contribution in [3.05, 3.63) is 17.5 Å². The van der Waals surface area contributed by atoms with Gasteiger partial charge < -0.3 is 10.4 Å². The van der Waals surface area contributed by atoms with Crippen LogP contribution < -0.4 is 5.32 Å². The third-order valence-corrected chi connectivity index (χ3v) is 4.14. The molecule has 0 aliphatic rings. The number of nitrogens with one attached hydrogen (secondary N) is 1. The Labute approximate surface area is 104 Å². The zero-order chi connectivity index (χ0) is 12.0. The number of thiophene rings is 1. The van der Waals surface area contributed by atoms with Gasteiger partial charge in [-0.1, -0.05) is 19.9 Å². The lowest BCUT2D eigenvalue weighted by molar-refractivity contribution is -0.139. The Bertz CT molecular complexity index is 312. The number of hydrogen-bond acceptors (Lipinski definition) is 4. The van der Waals surface area contributed by atoms with E-state index in [0.29, 0.717) is 6.42 Å². The predicted octanol–water partition coefficient (Wildman–Crippen LogP) is 2.68. The summed E-state index contributed by atoms with van der Waals surface area (Å²) in [4.78, 5) is 11.0. The van der Waals surface area contributed by atoms with Crippen LogP contribution in [0, 0.1) is 0 Å². The van der Waals surface area contributed by atoms with Gasteiger partial charge in [0.25, 0.3) is 0 Å². The highest BCUT2D eigenvalue weighted by atomic mass is 32.2. The maximum Gasteiger partial charge on any atom is 0.320 e. The predicted molar refractivity (Wildman–Crippen MR) is 69.4 cm³/mol. The first kappa shape index (κ1) is 13.5. The standard InChI is InChI=1S/C11H17NO2S2/c1-8(2)12-9(11(13)14)5-7-16-10-4-3-6-15-10/h3-4,6,8-9,12H,5,7H2,1-2H3,(H,13,14). The first-order chi connectivity index (χ1) is 7.59. The molecule has 0 spiro atoms. The molecule has 0 amide bonds. The average Bonchev–Trinajstić information content (AvgIpc) is 2.68. The van der Waals surface area contributed by atoms with E-state index in [-0.39, 0.29) is 6.04 Å². The van der Waals surface area contributed by atoms with Crippen LogP contribution in [0.1, 0.15) is 20.3 Å². The molecular formula is C11H17NO2S2. The first-order valence-corrected chi connectivity index (χ1v) is 7.11. The minimum absolute atomic E-state index is 0.202. The molecule has 0 fully saturated rings. The Morgan fingerprint density at radius 1 is 1.62 bits per heavy atom. The lowest BCUT2D eigenvalue weighted by Gasteiger charge is -2.16. The van der Waals surface area contributed by atoms with Crippen LogP contribution in [0.2, 0.25) is 0 Å². The zero-order valence-corrected chi connectivity index (χ0v) is 11.1. The van der Waals surface area contributed by atoms with Crippen LogP contribution >= 0.6 is 23.1 Å². The third-order valence-electron chi connectivity index (χ3n) is 1.98. The van der Waals surface area contributed by atoms with Gasteiger partial charge in [0.15, 0.2) is 0 Å². The molecule has 90 valence electrons. The molecule has 1 rings (SSSR count). The van der Waals surface area contributed by atoms with E-state index in [4.69, 9.17) is 5.11 Å². The van der Waals surface area contributed by atoms with Crippen LogP contribution in [-0.2, 0) is 4.79 Å². The van der Waals surface area contributed by atoms with Gasteiger partial charge in [-0.15, -0.1) is 23.1 Å². The van der Waals surface area contributed by atoms with Crippen molar-refractivity contribution in [3.8, 4) is 0 Å². The SMILES string of the molecule is CC(C)NC(CCSc1cccs1)C(=O)O. The van der Waals surface area contributed by atoms with Gasteiger partial charge in [-0.3, -0.25) is 4.79 Å².